The van der Waals surface area contributed by atoms with Crippen molar-refractivity contribution in [2.75, 3.05) is 33.0 Å². The molecular weight excluding hydrogens is 693 g/mol. The molecule has 3 aliphatic rings. The molecule has 16 atom stereocenters. The van der Waals surface area contributed by atoms with Crippen molar-refractivity contribution in [2.24, 2.45) is 5.73 Å². The van der Waals surface area contributed by atoms with Gasteiger partial charge < -0.3 is 101 Å². The Morgan fingerprint density at radius 1 is 0.900 bits per heavy atom. The number of rotatable bonds is 15. The normalized spacial score (nSPS) is 40.2. The Morgan fingerprint density at radius 3 is 2.00 bits per heavy atom. The van der Waals surface area contributed by atoms with Crippen LogP contribution in [0.2, 0.25) is 0 Å². The van der Waals surface area contributed by atoms with Gasteiger partial charge in [0.2, 0.25) is 17.6 Å². The third kappa shape index (κ3) is 10.2. The van der Waals surface area contributed by atoms with E-state index in [1.54, 1.807) is 0 Å². The molecule has 3 heterocycles. The molecule has 0 saturated carbocycles. The molecule has 0 unspecified atom stereocenters. The van der Waals surface area contributed by atoms with Crippen LogP contribution in [0.3, 0.4) is 0 Å². The van der Waals surface area contributed by atoms with Crippen LogP contribution in [0.25, 0.3) is 0 Å². The fourth-order valence-electron chi connectivity index (χ4n) is 5.87. The van der Waals surface area contributed by atoms with Gasteiger partial charge in [0.25, 0.3) is 0 Å². The summed E-state index contributed by atoms with van der Waals surface area (Å²) >= 11 is 0. The molecule has 0 aromatic rings. The summed E-state index contributed by atoms with van der Waals surface area (Å²) in [4.78, 5) is 36.3. The number of amides is 2. The quantitative estimate of drug-likeness (QED) is 0.0694. The minimum atomic E-state index is -3.14. The third-order valence-electron chi connectivity index (χ3n) is 8.23. The summed E-state index contributed by atoms with van der Waals surface area (Å²) in [6.45, 7) is -0.744. The molecule has 0 bridgehead atoms. The summed E-state index contributed by atoms with van der Waals surface area (Å²) < 4.78 is 33.4. The van der Waals surface area contributed by atoms with Gasteiger partial charge in [0, 0.05) is 26.8 Å². The van der Waals surface area contributed by atoms with E-state index in [0.29, 0.717) is 0 Å². The molecule has 23 heteroatoms. The molecule has 3 aliphatic heterocycles. The number of nitrogens with one attached hydrogen (secondary N) is 2. The van der Waals surface area contributed by atoms with Gasteiger partial charge in [-0.05, 0) is 0 Å². The summed E-state index contributed by atoms with van der Waals surface area (Å²) in [5, 5.41) is 112. The van der Waals surface area contributed by atoms with Gasteiger partial charge in [-0.2, -0.15) is 0 Å². The molecule has 0 spiro atoms. The van der Waals surface area contributed by atoms with Crippen molar-refractivity contribution in [3.63, 3.8) is 0 Å². The van der Waals surface area contributed by atoms with E-state index in [1.165, 1.54) is 0 Å². The first kappa shape index (κ1) is 44.9. The van der Waals surface area contributed by atoms with Crippen molar-refractivity contribution in [2.45, 2.75) is 118 Å². The monoisotopic (exact) mass is 739 g/mol. The second kappa shape index (κ2) is 19.7. The van der Waals surface area contributed by atoms with Crippen molar-refractivity contribution in [3.8, 4) is 0 Å². The van der Waals surface area contributed by atoms with Gasteiger partial charge in [0.05, 0.1) is 38.6 Å². The van der Waals surface area contributed by atoms with E-state index in [-0.39, 0.29) is 42.7 Å². The largest absolute Gasteiger partial charge is 1.00 e. The second-order valence-electron chi connectivity index (χ2n) is 11.9. The number of hydrogen-bond acceptors (Lipinski definition) is 20. The fraction of sp³-hybridized carbons (Fsp3) is 0.889. The molecule has 50 heavy (non-hydrogen) atoms. The zero-order valence-electron chi connectivity index (χ0n) is 27.6. The first-order valence-electron chi connectivity index (χ1n) is 15.4. The first-order chi connectivity index (χ1) is 23.0. The maximum absolute atomic E-state index is 12.6. The van der Waals surface area contributed by atoms with Gasteiger partial charge in [0.15, 0.2) is 12.6 Å². The number of hydrogen-bond donors (Lipinski definition) is 12. The van der Waals surface area contributed by atoms with Crippen LogP contribution < -0.4 is 51.0 Å². The SMILES string of the molecule is CC(=O)N[C@H]1[C@H](OCCN)O[C@H](CO)[C@@H](O[C@@H]2O[C@H](CO)[C@H](O)[C@H](O[C@]3(C(=O)[O-])C[C@H](O)[C@@H](NC(C)=O)[C@H]([C@H](O)[C@H](O)CO)O3)[C@H]2O)[C@@H]1O.[Na+]. The van der Waals surface area contributed by atoms with Crippen molar-refractivity contribution in [1.29, 1.82) is 0 Å². The summed E-state index contributed by atoms with van der Waals surface area (Å²) in [6.07, 6.45) is -25.3. The molecule has 0 aliphatic carbocycles. The Labute approximate surface area is 307 Å². The van der Waals surface area contributed by atoms with Gasteiger partial charge >= 0.3 is 29.6 Å². The second-order valence-corrected chi connectivity index (χ2v) is 11.9. The van der Waals surface area contributed by atoms with Crippen LogP contribution in [0.5, 0.6) is 0 Å². The van der Waals surface area contributed by atoms with Crippen molar-refractivity contribution < 1.29 is 123 Å². The number of nitrogens with two attached hydrogens (primary N) is 1. The Balaban J connectivity index is 0.00000867. The Kier molecular flexibility index (Phi) is 17.7. The van der Waals surface area contributed by atoms with Crippen LogP contribution in [-0.4, -0.2) is 194 Å². The summed E-state index contributed by atoms with van der Waals surface area (Å²) in [5.41, 5.74) is 5.47. The Morgan fingerprint density at radius 2 is 1.48 bits per heavy atom. The molecule has 0 radical (unpaired) electrons. The number of carbonyl (C=O) groups excluding carboxylic acids is 3. The van der Waals surface area contributed by atoms with Crippen LogP contribution in [0.4, 0.5) is 0 Å². The minimum absolute atomic E-state index is 0. The van der Waals surface area contributed by atoms with Crippen LogP contribution in [0.15, 0.2) is 0 Å². The molecule has 3 saturated heterocycles. The molecular formula is C27H46N3NaO19. The minimum Gasteiger partial charge on any atom is -0.544 e. The van der Waals surface area contributed by atoms with E-state index in [2.05, 4.69) is 10.6 Å². The van der Waals surface area contributed by atoms with Crippen LogP contribution in [-0.2, 0) is 42.8 Å². The number of ether oxygens (including phenoxy) is 6. The van der Waals surface area contributed by atoms with Crippen LogP contribution in [0.1, 0.15) is 20.3 Å². The van der Waals surface area contributed by atoms with E-state index >= 15 is 0 Å². The van der Waals surface area contributed by atoms with Crippen LogP contribution in [0, 0.1) is 0 Å². The average Bonchev–Trinajstić information content (AvgIpc) is 3.05. The molecule has 284 valence electrons. The number of carbonyl (C=O) groups is 3. The third-order valence-corrected chi connectivity index (χ3v) is 8.23. The van der Waals surface area contributed by atoms with E-state index in [1.807, 2.05) is 0 Å². The van der Waals surface area contributed by atoms with Gasteiger partial charge in [-0.3, -0.25) is 9.59 Å². The number of carboxylic acid groups (broad SMARTS) is 1. The molecule has 0 aromatic heterocycles. The van der Waals surface area contributed by atoms with E-state index in [0.717, 1.165) is 13.8 Å². The molecule has 22 nitrogen and oxygen atoms in total. The molecule has 3 fully saturated rings. The maximum Gasteiger partial charge on any atom is 1.00 e. The van der Waals surface area contributed by atoms with E-state index in [4.69, 9.17) is 34.2 Å². The molecule has 3 rings (SSSR count). The standard InChI is InChI=1S/C27H47N3O19.Na/c1-9(34)29-15-11(36)5-27(26(42)43,48-22(15)17(38)12(37)6-31)49-23-18(39)13(7-32)45-25(20(23)41)47-21-14(8-33)46-24(44-4-3-28)16(19(21)40)30-10(2)35;/h11-25,31-33,36-41H,3-8,28H2,1-2H3,(H,29,34)(H,30,35)(H,42,43);/q;+1/p-1/t11-,12+,13+,14+,15+,16+,17+,18-,19+,20+,21+,22+,23-,24+,25-,27-;/m0./s1. The van der Waals surface area contributed by atoms with Gasteiger partial charge in [-0.25, -0.2) is 0 Å². The predicted molar refractivity (Wildman–Crippen MR) is 152 cm³/mol. The average molecular weight is 740 g/mol. The number of carboxylic acids is 1. The topological polar surface area (TPSA) is 362 Å². The molecule has 13 N–H and O–H groups in total. The van der Waals surface area contributed by atoms with E-state index < -0.39 is 142 Å². The van der Waals surface area contributed by atoms with E-state index in [9.17, 15) is 65.4 Å². The van der Waals surface area contributed by atoms with Gasteiger partial charge in [-0.15, -0.1) is 0 Å². The Bertz CT molecular complexity index is 1110. The predicted octanol–water partition coefficient (Wildman–Crippen LogP) is -12.4. The van der Waals surface area contributed by atoms with Gasteiger partial charge in [0.1, 0.15) is 73.1 Å². The number of aliphatic carboxylic acids is 1. The smallest absolute Gasteiger partial charge is 0.544 e. The number of aliphatic hydroxyl groups excluding tert-OH is 9. The van der Waals surface area contributed by atoms with Crippen molar-refractivity contribution in [3.05, 3.63) is 0 Å². The first-order valence-corrected chi connectivity index (χ1v) is 15.4. The van der Waals surface area contributed by atoms with Crippen LogP contribution >= 0.6 is 0 Å². The van der Waals surface area contributed by atoms with Crippen molar-refractivity contribution in [1.82, 2.24) is 10.6 Å². The van der Waals surface area contributed by atoms with Gasteiger partial charge in [-0.1, -0.05) is 0 Å². The van der Waals surface area contributed by atoms with Crippen molar-refractivity contribution >= 4 is 17.8 Å². The zero-order valence-corrected chi connectivity index (χ0v) is 29.6. The fourth-order valence-corrected chi connectivity index (χ4v) is 5.87. The molecule has 2 amide bonds. The summed E-state index contributed by atoms with van der Waals surface area (Å²) in [5.74, 6) is -6.75. The molecule has 0 aromatic carbocycles. The maximum atomic E-state index is 12.6. The summed E-state index contributed by atoms with van der Waals surface area (Å²) in [6, 6.07) is -2.90. The Hall–Kier alpha value is -1.23. The summed E-state index contributed by atoms with van der Waals surface area (Å²) in [7, 11) is 0. The number of aliphatic hydroxyl groups is 9. The zero-order chi connectivity index (χ0) is 36.8.